The van der Waals surface area contributed by atoms with Crippen LogP contribution in [-0.2, 0) is 0 Å². The molecule has 2 aliphatic rings. The van der Waals surface area contributed by atoms with Crippen LogP contribution in [0.4, 0.5) is 22.7 Å². The fourth-order valence-corrected chi connectivity index (χ4v) is 5.46. The first-order valence-corrected chi connectivity index (χ1v) is 10.6. The molecule has 2 aliphatic heterocycles. The van der Waals surface area contributed by atoms with Gasteiger partial charge in [0, 0.05) is 34.6 Å². The average Bonchev–Trinajstić information content (AvgIpc) is 2.77. The molecule has 0 saturated heterocycles. The standard InChI is InChI=1S/C28H24N2/c1-17-9-7-15-23-25(17)27(19-11-3-5-13-21(19)29-23)28-20-12-4-6-14-22(20)30-24-16-8-10-18(2)26(24)28/h3-16,27-30H,1-2H3. The molecule has 2 nitrogen and oxygen atoms in total. The molecule has 2 atom stereocenters. The van der Waals surface area contributed by atoms with Gasteiger partial charge in [0.05, 0.1) is 0 Å². The Morgan fingerprint density at radius 2 is 0.867 bits per heavy atom. The molecule has 4 aromatic rings. The summed E-state index contributed by atoms with van der Waals surface area (Å²) in [6, 6.07) is 30.8. The predicted molar refractivity (Wildman–Crippen MR) is 125 cm³/mol. The van der Waals surface area contributed by atoms with Gasteiger partial charge >= 0.3 is 0 Å². The topological polar surface area (TPSA) is 24.1 Å². The number of hydrogen-bond donors (Lipinski definition) is 2. The van der Waals surface area contributed by atoms with E-state index in [-0.39, 0.29) is 11.8 Å². The Balaban J connectivity index is 1.70. The molecule has 0 saturated carbocycles. The number of aryl methyl sites for hydroxylation is 2. The fraction of sp³-hybridized carbons (Fsp3) is 0.143. The van der Waals surface area contributed by atoms with E-state index in [1.165, 1.54) is 56.1 Å². The maximum absolute atomic E-state index is 3.70. The zero-order valence-electron chi connectivity index (χ0n) is 17.2. The summed E-state index contributed by atoms with van der Waals surface area (Å²) in [5.41, 5.74) is 13.1. The lowest BCUT2D eigenvalue weighted by molar-refractivity contribution is 0.681. The Labute approximate surface area is 177 Å². The molecule has 0 amide bonds. The Hall–Kier alpha value is -3.52. The molecule has 30 heavy (non-hydrogen) atoms. The van der Waals surface area contributed by atoms with E-state index in [0.29, 0.717) is 0 Å². The molecule has 0 radical (unpaired) electrons. The van der Waals surface area contributed by atoms with Crippen molar-refractivity contribution in [2.24, 2.45) is 0 Å². The van der Waals surface area contributed by atoms with Crippen LogP contribution >= 0.6 is 0 Å². The molecule has 4 aromatic carbocycles. The molecule has 0 aromatic heterocycles. The quantitative estimate of drug-likeness (QED) is 0.355. The van der Waals surface area contributed by atoms with Crippen molar-refractivity contribution in [1.29, 1.82) is 0 Å². The third-order valence-electron chi connectivity index (χ3n) is 6.73. The minimum atomic E-state index is 0.252. The zero-order chi connectivity index (χ0) is 20.2. The lowest BCUT2D eigenvalue weighted by atomic mass is 9.68. The average molecular weight is 389 g/mol. The number of hydrogen-bond acceptors (Lipinski definition) is 2. The van der Waals surface area contributed by atoms with Crippen LogP contribution in [0.3, 0.4) is 0 Å². The van der Waals surface area contributed by atoms with Gasteiger partial charge in [0.2, 0.25) is 0 Å². The normalized spacial score (nSPS) is 18.2. The third-order valence-corrected chi connectivity index (χ3v) is 6.73. The summed E-state index contributed by atoms with van der Waals surface area (Å²) in [7, 11) is 0. The summed E-state index contributed by atoms with van der Waals surface area (Å²) in [5.74, 6) is 0.503. The number of rotatable bonds is 1. The Morgan fingerprint density at radius 3 is 1.33 bits per heavy atom. The molecule has 0 aliphatic carbocycles. The van der Waals surface area contributed by atoms with E-state index < -0.39 is 0 Å². The molecular formula is C28H24N2. The molecule has 0 fully saturated rings. The highest BCUT2D eigenvalue weighted by Gasteiger charge is 2.39. The molecule has 146 valence electrons. The second-order valence-corrected chi connectivity index (χ2v) is 8.45. The van der Waals surface area contributed by atoms with Crippen LogP contribution in [-0.4, -0.2) is 0 Å². The largest absolute Gasteiger partial charge is 0.355 e. The van der Waals surface area contributed by atoms with Crippen LogP contribution in [0.5, 0.6) is 0 Å². The van der Waals surface area contributed by atoms with Crippen molar-refractivity contribution >= 4 is 22.7 Å². The van der Waals surface area contributed by atoms with E-state index in [2.05, 4.69) is 109 Å². The number of nitrogens with one attached hydrogen (secondary N) is 2. The summed E-state index contributed by atoms with van der Waals surface area (Å²) in [6.07, 6.45) is 0. The molecule has 0 bridgehead atoms. The minimum Gasteiger partial charge on any atom is -0.355 e. The second-order valence-electron chi connectivity index (χ2n) is 8.45. The number of benzene rings is 4. The van der Waals surface area contributed by atoms with Gasteiger partial charge in [0.1, 0.15) is 0 Å². The van der Waals surface area contributed by atoms with E-state index in [4.69, 9.17) is 0 Å². The number of anilines is 4. The van der Waals surface area contributed by atoms with E-state index in [1.54, 1.807) is 0 Å². The lowest BCUT2D eigenvalue weighted by Crippen LogP contribution is -2.25. The van der Waals surface area contributed by atoms with Gasteiger partial charge in [-0.25, -0.2) is 0 Å². The van der Waals surface area contributed by atoms with E-state index in [9.17, 15) is 0 Å². The van der Waals surface area contributed by atoms with Crippen molar-refractivity contribution < 1.29 is 0 Å². The van der Waals surface area contributed by atoms with Crippen molar-refractivity contribution in [2.45, 2.75) is 25.7 Å². The van der Waals surface area contributed by atoms with E-state index in [0.717, 1.165) is 0 Å². The molecule has 2 N–H and O–H groups in total. The van der Waals surface area contributed by atoms with Crippen molar-refractivity contribution in [3.05, 3.63) is 118 Å². The molecule has 2 heterocycles. The van der Waals surface area contributed by atoms with Gasteiger partial charge in [-0.3, -0.25) is 0 Å². The highest BCUT2D eigenvalue weighted by Crippen LogP contribution is 2.56. The van der Waals surface area contributed by atoms with Gasteiger partial charge in [0.25, 0.3) is 0 Å². The van der Waals surface area contributed by atoms with E-state index in [1.807, 2.05) is 0 Å². The second kappa shape index (κ2) is 6.50. The van der Waals surface area contributed by atoms with Crippen molar-refractivity contribution in [3.63, 3.8) is 0 Å². The zero-order valence-corrected chi connectivity index (χ0v) is 17.2. The molecule has 2 heteroatoms. The maximum atomic E-state index is 3.70. The molecule has 2 unspecified atom stereocenters. The summed E-state index contributed by atoms with van der Waals surface area (Å²) in [4.78, 5) is 0. The van der Waals surface area contributed by atoms with Crippen LogP contribution in [0, 0.1) is 13.8 Å². The minimum absolute atomic E-state index is 0.252. The smallest absolute Gasteiger partial charge is 0.0426 e. The Kier molecular flexibility index (Phi) is 3.76. The lowest BCUT2D eigenvalue weighted by Gasteiger charge is -2.40. The van der Waals surface area contributed by atoms with E-state index >= 15 is 0 Å². The number of para-hydroxylation sites is 2. The van der Waals surface area contributed by atoms with Gasteiger partial charge in [-0.1, -0.05) is 60.7 Å². The Bertz CT molecular complexity index is 1190. The Morgan fingerprint density at radius 1 is 0.467 bits per heavy atom. The third kappa shape index (κ3) is 2.43. The monoisotopic (exact) mass is 388 g/mol. The van der Waals surface area contributed by atoms with Crippen LogP contribution in [0.25, 0.3) is 0 Å². The van der Waals surface area contributed by atoms with Crippen molar-refractivity contribution in [2.75, 3.05) is 10.6 Å². The fourth-order valence-electron chi connectivity index (χ4n) is 5.46. The van der Waals surface area contributed by atoms with Gasteiger partial charge in [-0.2, -0.15) is 0 Å². The van der Waals surface area contributed by atoms with Crippen molar-refractivity contribution in [1.82, 2.24) is 0 Å². The van der Waals surface area contributed by atoms with Gasteiger partial charge in [0.15, 0.2) is 0 Å². The predicted octanol–water partition coefficient (Wildman–Crippen LogP) is 7.38. The highest BCUT2D eigenvalue weighted by atomic mass is 14.9. The van der Waals surface area contributed by atoms with Crippen LogP contribution < -0.4 is 10.6 Å². The number of fused-ring (bicyclic) bond motifs is 4. The first-order chi connectivity index (χ1) is 14.7. The summed E-state index contributed by atoms with van der Waals surface area (Å²) >= 11 is 0. The summed E-state index contributed by atoms with van der Waals surface area (Å²) in [5, 5.41) is 7.39. The summed E-state index contributed by atoms with van der Waals surface area (Å²) < 4.78 is 0. The van der Waals surface area contributed by atoms with Crippen LogP contribution in [0.1, 0.15) is 45.2 Å². The highest BCUT2D eigenvalue weighted by molar-refractivity contribution is 5.81. The first kappa shape index (κ1) is 17.3. The van der Waals surface area contributed by atoms with Crippen LogP contribution in [0.15, 0.2) is 84.9 Å². The summed E-state index contributed by atoms with van der Waals surface area (Å²) in [6.45, 7) is 4.49. The SMILES string of the molecule is Cc1cccc2c1C(C1c3ccccc3Nc3cccc(C)c31)c1ccccc1N2. The van der Waals surface area contributed by atoms with Crippen molar-refractivity contribution in [3.8, 4) is 0 Å². The van der Waals surface area contributed by atoms with Gasteiger partial charge in [-0.05, 0) is 71.5 Å². The first-order valence-electron chi connectivity index (χ1n) is 10.6. The van der Waals surface area contributed by atoms with Gasteiger partial charge < -0.3 is 10.6 Å². The van der Waals surface area contributed by atoms with Gasteiger partial charge in [-0.15, -0.1) is 0 Å². The molecular weight excluding hydrogens is 364 g/mol. The molecule has 6 rings (SSSR count). The maximum Gasteiger partial charge on any atom is 0.0426 e. The van der Waals surface area contributed by atoms with Crippen LogP contribution in [0.2, 0.25) is 0 Å². The molecule has 0 spiro atoms.